The fourth-order valence-corrected chi connectivity index (χ4v) is 2.57. The molecular formula is C16H22F2N2O3. The van der Waals surface area contributed by atoms with Crippen molar-refractivity contribution < 1.29 is 23.0 Å². The summed E-state index contributed by atoms with van der Waals surface area (Å²) in [6.07, 6.45) is -0.284. The normalized spacial score (nSPS) is 21.5. The summed E-state index contributed by atoms with van der Waals surface area (Å²) < 4.78 is 36.9. The second-order valence-corrected chi connectivity index (χ2v) is 5.70. The SMILES string of the molecule is CO[C@H]1CN(C(=O)NCc2ccc(C(C)(F)F)cc2)C[C@H]1OC. The molecule has 1 N–H and O–H groups in total. The van der Waals surface area contributed by atoms with Gasteiger partial charge in [0.15, 0.2) is 0 Å². The molecule has 1 aliphatic heterocycles. The highest BCUT2D eigenvalue weighted by Gasteiger charge is 2.35. The van der Waals surface area contributed by atoms with Crippen molar-refractivity contribution in [2.24, 2.45) is 0 Å². The number of hydrogen-bond donors (Lipinski definition) is 1. The lowest BCUT2D eigenvalue weighted by molar-refractivity contribution is -0.00461. The quantitative estimate of drug-likeness (QED) is 0.903. The fraction of sp³-hybridized carbons (Fsp3) is 0.562. The first kappa shape index (κ1) is 17.6. The third kappa shape index (κ3) is 4.39. The molecule has 1 aromatic carbocycles. The van der Waals surface area contributed by atoms with Gasteiger partial charge in [0.2, 0.25) is 0 Å². The van der Waals surface area contributed by atoms with Gasteiger partial charge in [-0.1, -0.05) is 24.3 Å². The second-order valence-electron chi connectivity index (χ2n) is 5.70. The molecule has 0 spiro atoms. The van der Waals surface area contributed by atoms with Gasteiger partial charge in [-0.15, -0.1) is 0 Å². The van der Waals surface area contributed by atoms with Crippen LogP contribution in [-0.4, -0.2) is 50.4 Å². The third-order valence-corrected chi connectivity index (χ3v) is 4.01. The third-order valence-electron chi connectivity index (χ3n) is 4.01. The van der Waals surface area contributed by atoms with Crippen LogP contribution in [0.4, 0.5) is 13.6 Å². The van der Waals surface area contributed by atoms with Crippen molar-refractivity contribution >= 4 is 6.03 Å². The number of hydrogen-bond acceptors (Lipinski definition) is 3. The Morgan fingerprint density at radius 2 is 1.74 bits per heavy atom. The molecule has 23 heavy (non-hydrogen) atoms. The van der Waals surface area contributed by atoms with Crippen LogP contribution >= 0.6 is 0 Å². The van der Waals surface area contributed by atoms with E-state index in [1.54, 1.807) is 31.3 Å². The molecule has 0 bridgehead atoms. The van der Waals surface area contributed by atoms with Gasteiger partial charge in [0.1, 0.15) is 12.2 Å². The van der Waals surface area contributed by atoms with Crippen molar-refractivity contribution in [1.29, 1.82) is 0 Å². The Morgan fingerprint density at radius 3 is 2.17 bits per heavy atom. The highest BCUT2D eigenvalue weighted by Crippen LogP contribution is 2.26. The molecule has 1 saturated heterocycles. The van der Waals surface area contributed by atoms with Crippen molar-refractivity contribution in [2.45, 2.75) is 31.6 Å². The molecule has 7 heteroatoms. The molecule has 0 radical (unpaired) electrons. The van der Waals surface area contributed by atoms with E-state index in [4.69, 9.17) is 9.47 Å². The van der Waals surface area contributed by atoms with Gasteiger partial charge in [-0.2, -0.15) is 0 Å². The minimum atomic E-state index is -2.86. The van der Waals surface area contributed by atoms with Gasteiger partial charge < -0.3 is 19.7 Å². The van der Waals surface area contributed by atoms with E-state index in [0.717, 1.165) is 12.5 Å². The largest absolute Gasteiger partial charge is 0.377 e. The Labute approximate surface area is 134 Å². The zero-order chi connectivity index (χ0) is 17.0. The summed E-state index contributed by atoms with van der Waals surface area (Å²) in [7, 11) is 3.17. The topological polar surface area (TPSA) is 50.8 Å². The molecule has 1 fully saturated rings. The van der Waals surface area contributed by atoms with Gasteiger partial charge in [0, 0.05) is 33.3 Å². The highest BCUT2D eigenvalue weighted by molar-refractivity contribution is 5.74. The highest BCUT2D eigenvalue weighted by atomic mass is 19.3. The van der Waals surface area contributed by atoms with Gasteiger partial charge in [0.25, 0.3) is 5.92 Å². The minimum Gasteiger partial charge on any atom is -0.377 e. The van der Waals surface area contributed by atoms with Crippen LogP contribution in [0.25, 0.3) is 0 Å². The van der Waals surface area contributed by atoms with Crippen LogP contribution < -0.4 is 5.32 Å². The number of methoxy groups -OCH3 is 2. The Bertz CT molecular complexity index is 519. The number of nitrogens with zero attached hydrogens (tertiary/aromatic N) is 1. The zero-order valence-corrected chi connectivity index (χ0v) is 13.5. The number of halogens is 2. The minimum absolute atomic E-state index is 0.0435. The number of benzene rings is 1. The van der Waals surface area contributed by atoms with Crippen LogP contribution in [0.2, 0.25) is 0 Å². The summed E-state index contributed by atoms with van der Waals surface area (Å²) in [5, 5.41) is 2.78. The van der Waals surface area contributed by atoms with E-state index in [9.17, 15) is 13.6 Å². The first-order chi connectivity index (χ1) is 10.8. The molecule has 5 nitrogen and oxygen atoms in total. The molecule has 128 valence electrons. The first-order valence-electron chi connectivity index (χ1n) is 7.40. The van der Waals surface area contributed by atoms with E-state index in [0.29, 0.717) is 13.1 Å². The van der Waals surface area contributed by atoms with Gasteiger partial charge in [-0.05, 0) is 5.56 Å². The maximum atomic E-state index is 13.1. The Morgan fingerprint density at radius 1 is 1.22 bits per heavy atom. The lowest BCUT2D eigenvalue weighted by Gasteiger charge is -2.17. The average molecular weight is 328 g/mol. The predicted octanol–water partition coefficient (Wildman–Crippen LogP) is 2.35. The van der Waals surface area contributed by atoms with Crippen molar-refractivity contribution in [2.75, 3.05) is 27.3 Å². The standard InChI is InChI=1S/C16H22F2N2O3/c1-16(17,18)12-6-4-11(5-7-12)8-19-15(21)20-9-13(22-2)14(10-20)23-3/h4-7,13-14H,8-10H2,1-3H3,(H,19,21)/t13-,14+. The van der Waals surface area contributed by atoms with E-state index in [-0.39, 0.29) is 30.3 Å². The number of rotatable bonds is 5. The van der Waals surface area contributed by atoms with Crippen molar-refractivity contribution in [3.8, 4) is 0 Å². The molecule has 1 heterocycles. The number of amides is 2. The number of nitrogens with one attached hydrogen (secondary N) is 1. The summed E-state index contributed by atoms with van der Waals surface area (Å²) in [4.78, 5) is 13.8. The van der Waals surface area contributed by atoms with Gasteiger partial charge in [0.05, 0.1) is 13.1 Å². The second kappa shape index (κ2) is 7.23. The molecule has 0 aliphatic carbocycles. The fourth-order valence-electron chi connectivity index (χ4n) is 2.57. The summed E-state index contributed by atoms with van der Waals surface area (Å²) in [5.74, 6) is -2.86. The number of urea groups is 1. The molecule has 2 atom stereocenters. The lowest BCUT2D eigenvalue weighted by Crippen LogP contribution is -2.38. The number of carbonyl (C=O) groups excluding carboxylic acids is 1. The Kier molecular flexibility index (Phi) is 5.54. The molecule has 2 rings (SSSR count). The lowest BCUT2D eigenvalue weighted by atomic mass is 10.1. The number of carbonyl (C=O) groups is 1. The van der Waals surface area contributed by atoms with E-state index < -0.39 is 5.92 Å². The van der Waals surface area contributed by atoms with Crippen molar-refractivity contribution in [3.05, 3.63) is 35.4 Å². The molecule has 1 aliphatic rings. The summed E-state index contributed by atoms with van der Waals surface area (Å²) in [5.41, 5.74) is 0.718. The van der Waals surface area contributed by atoms with E-state index in [2.05, 4.69) is 5.32 Å². The van der Waals surface area contributed by atoms with Gasteiger partial charge in [-0.25, -0.2) is 13.6 Å². The number of ether oxygens (including phenoxy) is 2. The van der Waals surface area contributed by atoms with Crippen LogP contribution in [0.1, 0.15) is 18.1 Å². The smallest absolute Gasteiger partial charge is 0.317 e. The molecule has 1 aromatic rings. The monoisotopic (exact) mass is 328 g/mol. The van der Waals surface area contributed by atoms with Crippen LogP contribution in [0.3, 0.4) is 0 Å². The van der Waals surface area contributed by atoms with Crippen molar-refractivity contribution in [1.82, 2.24) is 10.2 Å². The van der Waals surface area contributed by atoms with Crippen LogP contribution in [0, 0.1) is 0 Å². The van der Waals surface area contributed by atoms with E-state index in [1.165, 1.54) is 12.1 Å². The first-order valence-corrected chi connectivity index (χ1v) is 7.40. The number of alkyl halides is 2. The average Bonchev–Trinajstić information content (AvgIpc) is 2.95. The van der Waals surface area contributed by atoms with Crippen molar-refractivity contribution in [3.63, 3.8) is 0 Å². The Balaban J connectivity index is 1.87. The van der Waals surface area contributed by atoms with E-state index in [1.807, 2.05) is 0 Å². The maximum Gasteiger partial charge on any atom is 0.317 e. The molecular weight excluding hydrogens is 306 g/mol. The summed E-state index contributed by atoms with van der Waals surface area (Å²) in [6, 6.07) is 5.70. The Hall–Kier alpha value is -1.73. The van der Waals surface area contributed by atoms with Crippen LogP contribution in [-0.2, 0) is 21.9 Å². The van der Waals surface area contributed by atoms with E-state index >= 15 is 0 Å². The molecule has 0 aromatic heterocycles. The summed E-state index contributed by atoms with van der Waals surface area (Å²) >= 11 is 0. The molecule has 0 saturated carbocycles. The van der Waals surface area contributed by atoms with Gasteiger partial charge >= 0.3 is 6.03 Å². The number of likely N-dealkylation sites (tertiary alicyclic amines) is 1. The maximum absolute atomic E-state index is 13.1. The predicted molar refractivity (Wildman–Crippen MR) is 81.4 cm³/mol. The molecule has 0 unspecified atom stereocenters. The van der Waals surface area contributed by atoms with Gasteiger partial charge in [-0.3, -0.25) is 0 Å². The molecule has 2 amide bonds. The summed E-state index contributed by atoms with van der Waals surface area (Å²) in [6.45, 7) is 2.06. The zero-order valence-electron chi connectivity index (χ0n) is 13.5. The van der Waals surface area contributed by atoms with Crippen LogP contribution in [0.15, 0.2) is 24.3 Å². The van der Waals surface area contributed by atoms with Crippen LogP contribution in [0.5, 0.6) is 0 Å².